The van der Waals surface area contributed by atoms with Crippen LogP contribution in [0.3, 0.4) is 0 Å². The van der Waals surface area contributed by atoms with Crippen LogP contribution in [0.5, 0.6) is 0 Å². The molecule has 0 bridgehead atoms. The summed E-state index contributed by atoms with van der Waals surface area (Å²) in [5.41, 5.74) is 0.0315. The lowest BCUT2D eigenvalue weighted by atomic mass is 10.1. The van der Waals surface area contributed by atoms with E-state index in [9.17, 15) is 13.6 Å². The average molecular weight is 274 g/mol. The first-order valence-electron chi connectivity index (χ1n) is 5.63. The fourth-order valence-corrected chi connectivity index (χ4v) is 2.95. The molecule has 0 unspecified atom stereocenters. The standard InChI is InChI=1S/C15H8F2OS/c16-11-5-10(6-12(17)8-11)15(18)14-7-9-3-1-2-4-13(9)19-14/h1-8H. The normalized spacial score (nSPS) is 10.8. The van der Waals surface area contributed by atoms with E-state index in [2.05, 4.69) is 0 Å². The molecule has 4 heteroatoms. The summed E-state index contributed by atoms with van der Waals surface area (Å²) in [6, 6.07) is 12.2. The summed E-state index contributed by atoms with van der Waals surface area (Å²) in [5.74, 6) is -1.85. The quantitative estimate of drug-likeness (QED) is 0.633. The van der Waals surface area contributed by atoms with E-state index < -0.39 is 11.6 Å². The van der Waals surface area contributed by atoms with Gasteiger partial charge in [0.15, 0.2) is 0 Å². The number of hydrogen-bond donors (Lipinski definition) is 0. The Kier molecular flexibility index (Phi) is 2.87. The number of fused-ring (bicyclic) bond motifs is 1. The third-order valence-electron chi connectivity index (χ3n) is 2.77. The van der Waals surface area contributed by atoms with Gasteiger partial charge in [-0.1, -0.05) is 18.2 Å². The SMILES string of the molecule is O=C(c1cc(F)cc(F)c1)c1cc2ccccc2s1. The number of rotatable bonds is 2. The smallest absolute Gasteiger partial charge is 0.203 e. The van der Waals surface area contributed by atoms with Crippen LogP contribution in [0.15, 0.2) is 48.5 Å². The van der Waals surface area contributed by atoms with E-state index in [0.29, 0.717) is 4.88 Å². The minimum atomic E-state index is -0.746. The van der Waals surface area contributed by atoms with E-state index in [4.69, 9.17) is 0 Å². The van der Waals surface area contributed by atoms with E-state index in [1.165, 1.54) is 11.3 Å². The molecule has 0 aliphatic carbocycles. The maximum absolute atomic E-state index is 13.1. The molecular formula is C15H8F2OS. The predicted molar refractivity (Wildman–Crippen MR) is 71.6 cm³/mol. The van der Waals surface area contributed by atoms with Gasteiger partial charge in [-0.2, -0.15) is 0 Å². The molecular weight excluding hydrogens is 266 g/mol. The molecule has 0 saturated heterocycles. The van der Waals surface area contributed by atoms with Crippen molar-refractivity contribution >= 4 is 27.2 Å². The molecule has 0 saturated carbocycles. The first-order valence-corrected chi connectivity index (χ1v) is 6.44. The summed E-state index contributed by atoms with van der Waals surface area (Å²) >= 11 is 1.32. The fraction of sp³-hybridized carbons (Fsp3) is 0. The van der Waals surface area contributed by atoms with Crippen LogP contribution in [0, 0.1) is 11.6 Å². The summed E-state index contributed by atoms with van der Waals surface area (Å²) in [6.07, 6.45) is 0. The van der Waals surface area contributed by atoms with Crippen LogP contribution in [-0.4, -0.2) is 5.78 Å². The Bertz CT molecular complexity index is 723. The second-order valence-electron chi connectivity index (χ2n) is 4.14. The molecule has 0 atom stereocenters. The second-order valence-corrected chi connectivity index (χ2v) is 5.22. The van der Waals surface area contributed by atoms with E-state index in [-0.39, 0.29) is 11.3 Å². The predicted octanol–water partition coefficient (Wildman–Crippen LogP) is 4.41. The van der Waals surface area contributed by atoms with Gasteiger partial charge in [-0.15, -0.1) is 11.3 Å². The van der Waals surface area contributed by atoms with Crippen LogP contribution in [0.2, 0.25) is 0 Å². The van der Waals surface area contributed by atoms with Gasteiger partial charge in [-0.25, -0.2) is 8.78 Å². The molecule has 19 heavy (non-hydrogen) atoms. The highest BCUT2D eigenvalue weighted by atomic mass is 32.1. The van der Waals surface area contributed by atoms with Gasteiger partial charge >= 0.3 is 0 Å². The number of carbonyl (C=O) groups is 1. The van der Waals surface area contributed by atoms with Gasteiger partial charge in [-0.05, 0) is 29.7 Å². The molecule has 0 fully saturated rings. The number of hydrogen-bond acceptors (Lipinski definition) is 2. The Morgan fingerprint density at radius 1 is 0.947 bits per heavy atom. The van der Waals surface area contributed by atoms with Crippen LogP contribution in [0.1, 0.15) is 15.2 Å². The first-order chi connectivity index (χ1) is 9.13. The van der Waals surface area contributed by atoms with Crippen molar-refractivity contribution in [1.82, 2.24) is 0 Å². The molecule has 3 aromatic rings. The third-order valence-corrected chi connectivity index (χ3v) is 3.89. The number of carbonyl (C=O) groups excluding carboxylic acids is 1. The maximum atomic E-state index is 13.1. The Hall–Kier alpha value is -2.07. The van der Waals surface area contributed by atoms with Crippen molar-refractivity contribution in [2.24, 2.45) is 0 Å². The van der Waals surface area contributed by atoms with Gasteiger partial charge in [0.1, 0.15) is 11.6 Å². The Balaban J connectivity index is 2.07. The lowest BCUT2D eigenvalue weighted by molar-refractivity contribution is 0.104. The van der Waals surface area contributed by atoms with Gasteiger partial charge < -0.3 is 0 Å². The molecule has 0 spiro atoms. The molecule has 3 rings (SSSR count). The summed E-state index contributed by atoms with van der Waals surface area (Å²) in [4.78, 5) is 12.7. The lowest BCUT2D eigenvalue weighted by Crippen LogP contribution is -2.00. The number of thiophene rings is 1. The summed E-state index contributed by atoms with van der Waals surface area (Å²) in [7, 11) is 0. The molecule has 0 radical (unpaired) electrons. The fourth-order valence-electron chi connectivity index (χ4n) is 1.92. The molecule has 1 heterocycles. The van der Waals surface area contributed by atoms with Crippen molar-refractivity contribution in [3.8, 4) is 0 Å². The molecule has 0 amide bonds. The number of ketones is 1. The second kappa shape index (κ2) is 4.55. The van der Waals surface area contributed by atoms with Crippen LogP contribution in [0.25, 0.3) is 10.1 Å². The molecule has 1 aromatic heterocycles. The highest BCUT2D eigenvalue weighted by Crippen LogP contribution is 2.27. The van der Waals surface area contributed by atoms with Crippen LogP contribution >= 0.6 is 11.3 Å². The maximum Gasteiger partial charge on any atom is 0.203 e. The van der Waals surface area contributed by atoms with E-state index in [1.54, 1.807) is 6.07 Å². The first kappa shape index (κ1) is 12.0. The largest absolute Gasteiger partial charge is 0.288 e. The van der Waals surface area contributed by atoms with E-state index in [0.717, 1.165) is 28.3 Å². The molecule has 0 aliphatic heterocycles. The molecule has 1 nitrogen and oxygen atoms in total. The molecule has 2 aromatic carbocycles. The number of benzene rings is 2. The Morgan fingerprint density at radius 2 is 1.63 bits per heavy atom. The van der Waals surface area contributed by atoms with Gasteiger partial charge in [0.05, 0.1) is 4.88 Å². The van der Waals surface area contributed by atoms with Gasteiger partial charge in [0.25, 0.3) is 0 Å². The Morgan fingerprint density at radius 3 is 2.32 bits per heavy atom. The van der Waals surface area contributed by atoms with Gasteiger partial charge in [0.2, 0.25) is 5.78 Å². The monoisotopic (exact) mass is 274 g/mol. The van der Waals surface area contributed by atoms with Crippen molar-refractivity contribution in [2.75, 3.05) is 0 Å². The topological polar surface area (TPSA) is 17.1 Å². The lowest BCUT2D eigenvalue weighted by Gasteiger charge is -1.98. The highest BCUT2D eigenvalue weighted by molar-refractivity contribution is 7.21. The summed E-state index contributed by atoms with van der Waals surface area (Å²) in [6.45, 7) is 0. The molecule has 0 N–H and O–H groups in total. The minimum absolute atomic E-state index is 0.0315. The molecule has 0 aliphatic rings. The zero-order valence-corrected chi connectivity index (χ0v) is 10.5. The van der Waals surface area contributed by atoms with Crippen LogP contribution in [-0.2, 0) is 0 Å². The highest BCUT2D eigenvalue weighted by Gasteiger charge is 2.14. The van der Waals surface area contributed by atoms with Crippen molar-refractivity contribution < 1.29 is 13.6 Å². The van der Waals surface area contributed by atoms with Crippen LogP contribution < -0.4 is 0 Å². The zero-order chi connectivity index (χ0) is 13.4. The van der Waals surface area contributed by atoms with Crippen molar-refractivity contribution in [2.45, 2.75) is 0 Å². The van der Waals surface area contributed by atoms with E-state index >= 15 is 0 Å². The van der Waals surface area contributed by atoms with Crippen molar-refractivity contribution in [3.63, 3.8) is 0 Å². The Labute approximate surface area is 112 Å². The van der Waals surface area contributed by atoms with Crippen LogP contribution in [0.4, 0.5) is 8.78 Å². The zero-order valence-electron chi connectivity index (χ0n) is 9.69. The van der Waals surface area contributed by atoms with Gasteiger partial charge in [0, 0.05) is 16.3 Å². The molecule has 94 valence electrons. The number of halogens is 2. The minimum Gasteiger partial charge on any atom is -0.288 e. The van der Waals surface area contributed by atoms with Crippen molar-refractivity contribution in [1.29, 1.82) is 0 Å². The summed E-state index contributed by atoms with van der Waals surface area (Å²) in [5, 5.41) is 0.952. The van der Waals surface area contributed by atoms with E-state index in [1.807, 2.05) is 24.3 Å². The van der Waals surface area contributed by atoms with Crippen molar-refractivity contribution in [3.05, 3.63) is 70.6 Å². The third kappa shape index (κ3) is 2.27. The average Bonchev–Trinajstić information content (AvgIpc) is 2.80. The van der Waals surface area contributed by atoms with Gasteiger partial charge in [-0.3, -0.25) is 4.79 Å². The summed E-state index contributed by atoms with van der Waals surface area (Å²) < 4.78 is 27.2.